The number of imide groups is 1. The molecule has 1 N–H and O–H groups in total. The van der Waals surface area contributed by atoms with E-state index in [1.165, 1.54) is 11.0 Å². The average molecular weight is 583 g/mol. The van der Waals surface area contributed by atoms with E-state index in [2.05, 4.69) is 4.98 Å². The number of carbonyl (C=O) groups excluding carboxylic acids is 4. The van der Waals surface area contributed by atoms with Crippen molar-refractivity contribution in [2.45, 2.75) is 25.7 Å². The van der Waals surface area contributed by atoms with Gasteiger partial charge in [0.2, 0.25) is 17.7 Å². The van der Waals surface area contributed by atoms with Crippen LogP contribution in [-0.4, -0.2) is 33.5 Å². The van der Waals surface area contributed by atoms with Crippen LogP contribution in [0.5, 0.6) is 5.75 Å². The molecule has 8 rings (SSSR count). The van der Waals surface area contributed by atoms with E-state index in [1.54, 1.807) is 55.5 Å². The Bertz CT molecular complexity index is 2010. The summed E-state index contributed by atoms with van der Waals surface area (Å²) in [5.74, 6) is -3.10. The minimum atomic E-state index is -0.698. The van der Waals surface area contributed by atoms with Crippen molar-refractivity contribution in [3.05, 3.63) is 113 Å². The van der Waals surface area contributed by atoms with Crippen LogP contribution in [0.2, 0.25) is 0 Å². The second kappa shape index (κ2) is 9.57. The van der Waals surface area contributed by atoms with Crippen LogP contribution in [0, 0.1) is 17.8 Å². The van der Waals surface area contributed by atoms with Gasteiger partial charge in [-0.2, -0.15) is 0 Å². The molecule has 1 fully saturated rings. The minimum Gasteiger partial charge on any atom is -0.508 e. The van der Waals surface area contributed by atoms with Crippen LogP contribution in [0.25, 0.3) is 22.6 Å². The maximum absolute atomic E-state index is 14.2. The number of carbonyl (C=O) groups is 4. The molecule has 3 aliphatic carbocycles. The van der Waals surface area contributed by atoms with Gasteiger partial charge in [0.1, 0.15) is 11.3 Å². The average Bonchev–Trinajstić information content (AvgIpc) is 3.58. The Balaban J connectivity index is 1.16. The first kappa shape index (κ1) is 26.3. The van der Waals surface area contributed by atoms with Crippen LogP contribution in [-0.2, 0) is 19.2 Å². The molecule has 0 saturated carbocycles. The number of amides is 2. The predicted octanol–water partition coefficient (Wildman–Crippen LogP) is 5.83. The number of fused-ring (bicyclic) bond motifs is 4. The molecule has 2 amide bonds. The number of rotatable bonds is 3. The minimum absolute atomic E-state index is 0.00922. The second-order valence-corrected chi connectivity index (χ2v) is 11.8. The summed E-state index contributed by atoms with van der Waals surface area (Å²) in [7, 11) is 0. The van der Waals surface area contributed by atoms with E-state index in [-0.39, 0.29) is 35.6 Å². The number of aromatic hydroxyl groups is 1. The Morgan fingerprint density at radius 2 is 1.64 bits per heavy atom. The van der Waals surface area contributed by atoms with E-state index in [1.807, 2.05) is 30.3 Å². The molecule has 0 bridgehead atoms. The summed E-state index contributed by atoms with van der Waals surface area (Å²) in [6.45, 7) is 1.62. The number of benzene rings is 3. The lowest BCUT2D eigenvalue weighted by atomic mass is 9.59. The van der Waals surface area contributed by atoms with Crippen molar-refractivity contribution >= 4 is 40.2 Å². The summed E-state index contributed by atoms with van der Waals surface area (Å²) >= 11 is 0. The molecule has 0 radical (unpaired) electrons. The number of phenols is 1. The summed E-state index contributed by atoms with van der Waals surface area (Å²) in [6, 6.07) is 21.2. The maximum atomic E-state index is 14.2. The molecule has 8 nitrogen and oxygen atoms in total. The molecular formula is C36H26N2O6. The summed E-state index contributed by atoms with van der Waals surface area (Å²) in [5.41, 5.74) is 4.95. The van der Waals surface area contributed by atoms with Crippen LogP contribution in [0.3, 0.4) is 0 Å². The SMILES string of the molecule is CC1=CC(=O)C2=C(C1=O)[C@@H](c1ccccc1O)C1=CC[C@@H]3C(=O)N(c4ccc(-c5nc6ccccc6o5)cc4)C(=O)[C@@H]3[C@@H]1C2. The molecule has 216 valence electrons. The number of phenolic OH excluding ortho intramolecular Hbond substituents is 1. The summed E-state index contributed by atoms with van der Waals surface area (Å²) < 4.78 is 5.88. The van der Waals surface area contributed by atoms with Crippen molar-refractivity contribution in [3.63, 3.8) is 0 Å². The number of hydrogen-bond acceptors (Lipinski definition) is 7. The quantitative estimate of drug-likeness (QED) is 0.183. The molecule has 1 saturated heterocycles. The Morgan fingerprint density at radius 1 is 0.886 bits per heavy atom. The summed E-state index contributed by atoms with van der Waals surface area (Å²) in [6.07, 6.45) is 3.81. The van der Waals surface area contributed by atoms with E-state index in [0.717, 1.165) is 11.1 Å². The van der Waals surface area contributed by atoms with E-state index < -0.39 is 23.7 Å². The van der Waals surface area contributed by atoms with Crippen LogP contribution < -0.4 is 4.90 Å². The van der Waals surface area contributed by atoms with E-state index in [0.29, 0.717) is 51.4 Å². The Kier molecular flexibility index (Phi) is 5.71. The molecule has 3 aromatic carbocycles. The van der Waals surface area contributed by atoms with Gasteiger partial charge in [-0.1, -0.05) is 42.0 Å². The van der Waals surface area contributed by atoms with Crippen molar-refractivity contribution in [1.29, 1.82) is 0 Å². The van der Waals surface area contributed by atoms with Crippen LogP contribution in [0.1, 0.15) is 31.2 Å². The summed E-state index contributed by atoms with van der Waals surface area (Å²) in [5, 5.41) is 10.9. The van der Waals surface area contributed by atoms with Crippen LogP contribution in [0.4, 0.5) is 5.69 Å². The van der Waals surface area contributed by atoms with Gasteiger partial charge in [0, 0.05) is 33.8 Å². The molecule has 4 atom stereocenters. The standard InChI is InChI=1S/C36H26N2O6/c1-18-16-28(40)25-17-24-21(30(32(25)33(18)41)22-6-2-4-8-27(22)39)14-15-23-31(24)36(43)38(35(23)42)20-12-10-19(11-13-20)34-37-26-7-3-5-9-29(26)44-34/h2-14,16,23-24,30-31,39H,15,17H2,1H3/t23-,24+,30+,31-/m0/s1. The van der Waals surface area contributed by atoms with E-state index in [4.69, 9.17) is 4.42 Å². The first-order valence-corrected chi connectivity index (χ1v) is 14.6. The zero-order valence-electron chi connectivity index (χ0n) is 23.7. The van der Waals surface area contributed by atoms with Gasteiger partial charge in [-0.05, 0) is 74.2 Å². The molecule has 1 aromatic heterocycles. The predicted molar refractivity (Wildman–Crippen MR) is 161 cm³/mol. The number of oxazole rings is 1. The number of anilines is 1. The Labute approximate surface area is 252 Å². The normalized spacial score (nSPS) is 24.7. The second-order valence-electron chi connectivity index (χ2n) is 11.8. The van der Waals surface area contributed by atoms with Crippen molar-refractivity contribution in [3.8, 4) is 17.2 Å². The molecule has 0 unspecified atom stereocenters. The van der Waals surface area contributed by atoms with Gasteiger partial charge in [0.05, 0.1) is 17.5 Å². The van der Waals surface area contributed by atoms with Gasteiger partial charge in [0.15, 0.2) is 17.1 Å². The molecule has 8 heteroatoms. The maximum Gasteiger partial charge on any atom is 0.238 e. The van der Waals surface area contributed by atoms with Crippen LogP contribution in [0.15, 0.2) is 112 Å². The Morgan fingerprint density at radius 3 is 2.41 bits per heavy atom. The molecule has 2 heterocycles. The highest BCUT2D eigenvalue weighted by Crippen LogP contribution is 2.56. The van der Waals surface area contributed by atoms with Crippen molar-refractivity contribution < 1.29 is 28.7 Å². The first-order chi connectivity index (χ1) is 21.3. The van der Waals surface area contributed by atoms with E-state index >= 15 is 0 Å². The molecule has 44 heavy (non-hydrogen) atoms. The lowest BCUT2D eigenvalue weighted by molar-refractivity contribution is -0.123. The fraction of sp³-hybridized carbons (Fsp3) is 0.194. The molecule has 4 aromatic rings. The highest BCUT2D eigenvalue weighted by molar-refractivity contribution is 6.25. The van der Waals surface area contributed by atoms with Gasteiger partial charge < -0.3 is 9.52 Å². The topological polar surface area (TPSA) is 118 Å². The van der Waals surface area contributed by atoms with Gasteiger partial charge >= 0.3 is 0 Å². The number of hydrogen-bond donors (Lipinski definition) is 1. The number of nitrogens with zero attached hydrogens (tertiary/aromatic N) is 2. The first-order valence-electron chi connectivity index (χ1n) is 14.6. The fourth-order valence-electron chi connectivity index (χ4n) is 7.45. The number of allylic oxidation sites excluding steroid dienone is 6. The van der Waals surface area contributed by atoms with E-state index in [9.17, 15) is 24.3 Å². The summed E-state index contributed by atoms with van der Waals surface area (Å²) in [4.78, 5) is 60.6. The number of ketones is 2. The molecule has 0 spiro atoms. The van der Waals surface area contributed by atoms with Gasteiger partial charge in [-0.25, -0.2) is 4.98 Å². The lowest BCUT2D eigenvalue weighted by Gasteiger charge is -2.42. The smallest absolute Gasteiger partial charge is 0.238 e. The third kappa shape index (κ3) is 3.73. The monoisotopic (exact) mass is 582 g/mol. The van der Waals surface area contributed by atoms with Crippen molar-refractivity contribution in [2.75, 3.05) is 4.90 Å². The molecule has 1 aliphatic heterocycles. The third-order valence-electron chi connectivity index (χ3n) is 9.48. The molecule has 4 aliphatic rings. The van der Waals surface area contributed by atoms with Crippen molar-refractivity contribution in [1.82, 2.24) is 4.98 Å². The highest BCUT2D eigenvalue weighted by Gasteiger charge is 2.56. The molecular weight excluding hydrogens is 556 g/mol. The third-order valence-corrected chi connectivity index (χ3v) is 9.48. The number of aromatic nitrogens is 1. The number of para-hydroxylation sites is 3. The van der Waals surface area contributed by atoms with Crippen molar-refractivity contribution in [2.24, 2.45) is 17.8 Å². The zero-order valence-corrected chi connectivity index (χ0v) is 23.7. The number of Topliss-reactive ketones (excluding diaryl/α,β-unsaturated/α-hetero) is 1. The van der Waals surface area contributed by atoms with Crippen LogP contribution >= 0.6 is 0 Å². The highest BCUT2D eigenvalue weighted by atomic mass is 16.3. The van der Waals surface area contributed by atoms with Gasteiger partial charge in [-0.15, -0.1) is 0 Å². The zero-order chi connectivity index (χ0) is 30.3. The Hall–Kier alpha value is -5.37. The fourth-order valence-corrected chi connectivity index (χ4v) is 7.45. The lowest BCUT2D eigenvalue weighted by Crippen LogP contribution is -2.39. The van der Waals surface area contributed by atoms with Gasteiger partial charge in [-0.3, -0.25) is 24.1 Å². The largest absolute Gasteiger partial charge is 0.508 e. The van der Waals surface area contributed by atoms with Gasteiger partial charge in [0.25, 0.3) is 0 Å².